The van der Waals surface area contributed by atoms with Crippen molar-refractivity contribution in [2.24, 2.45) is 0 Å². The third kappa shape index (κ3) is 7.24. The summed E-state index contributed by atoms with van der Waals surface area (Å²) in [4.78, 5) is 0. The quantitative estimate of drug-likeness (QED) is 0.633. The molecule has 0 amide bonds. The zero-order valence-corrected chi connectivity index (χ0v) is 19.9. The van der Waals surface area contributed by atoms with Crippen molar-refractivity contribution in [3.8, 4) is 17.2 Å². The molecule has 0 heterocycles. The number of methoxy groups -OCH3 is 1. The molecule has 2 N–H and O–H groups in total. The summed E-state index contributed by atoms with van der Waals surface area (Å²) in [5.74, 6) is -0.336. The topological polar surface area (TPSA) is 81.4 Å². The van der Waals surface area contributed by atoms with E-state index in [1.54, 1.807) is 6.07 Å². The average Bonchev–Trinajstić information content (AvgIpc) is 2.50. The van der Waals surface area contributed by atoms with Gasteiger partial charge in [-0.15, -0.1) is 11.5 Å². The van der Waals surface area contributed by atoms with Crippen molar-refractivity contribution in [2.45, 2.75) is 59.3 Å². The predicted molar refractivity (Wildman–Crippen MR) is 105 cm³/mol. The number of rotatable bonds is 1. The number of hydrogen-bond donors (Lipinski definition) is 1. The van der Waals surface area contributed by atoms with E-state index in [9.17, 15) is 10.2 Å². The fraction of sp³-hybridized carbons (Fsp3) is 0.455. The maximum atomic E-state index is 12.3. The van der Waals surface area contributed by atoms with E-state index >= 15 is 0 Å². The van der Waals surface area contributed by atoms with Crippen LogP contribution in [0.5, 0.6) is 17.2 Å². The van der Waals surface area contributed by atoms with Gasteiger partial charge in [0.05, 0.1) is 7.11 Å². The summed E-state index contributed by atoms with van der Waals surface area (Å²) >= 11 is 0. The Morgan fingerprint density at radius 1 is 0.857 bits per heavy atom. The number of benzene rings is 2. The maximum Gasteiger partial charge on any atom is 0.122 e. The van der Waals surface area contributed by atoms with Crippen molar-refractivity contribution in [1.82, 2.24) is 0 Å². The van der Waals surface area contributed by atoms with Crippen LogP contribution in [-0.4, -0.2) is 7.11 Å². The van der Waals surface area contributed by atoms with E-state index in [0.717, 1.165) is 11.3 Å². The van der Waals surface area contributed by atoms with Gasteiger partial charge in [0.2, 0.25) is 0 Å². The first kappa shape index (κ1) is 28.9. The summed E-state index contributed by atoms with van der Waals surface area (Å²) in [5.41, 5.74) is 7.74. The molecule has 0 aliphatic heterocycles. The molecular weight excluding hydrogens is 444 g/mol. The molecule has 2 radical (unpaired) electrons. The second kappa shape index (κ2) is 11.0. The largest absolute Gasteiger partial charge is 0.873 e. The molecule has 0 atom stereocenters. The minimum Gasteiger partial charge on any atom is -0.873 e. The Bertz CT molecular complexity index is 743. The molecule has 0 bridgehead atoms. The molecule has 28 heavy (non-hydrogen) atoms. The minimum absolute atomic E-state index is 0. The first-order chi connectivity index (χ1) is 11.8. The Morgan fingerprint density at radius 2 is 1.36 bits per heavy atom. The number of aryl methyl sites for hydroxylation is 1. The zero-order chi connectivity index (χ0) is 20.3. The number of nitrogens with two attached hydrogens (primary N) is 1. The van der Waals surface area contributed by atoms with E-state index in [-0.39, 0.29) is 39.0 Å². The number of nitrogen functional groups attached to an aromatic ring is 1. The van der Waals surface area contributed by atoms with Gasteiger partial charge in [0.25, 0.3) is 0 Å². The molecule has 0 aliphatic rings. The van der Waals surface area contributed by atoms with Crippen LogP contribution in [0.25, 0.3) is 0 Å². The molecule has 0 saturated heterocycles. The minimum atomic E-state index is -0.438. The zero-order valence-electron chi connectivity index (χ0n) is 17.9. The van der Waals surface area contributed by atoms with Gasteiger partial charge >= 0.3 is 0 Å². The maximum absolute atomic E-state index is 12.3. The monoisotopic (exact) mass is 475 g/mol. The Morgan fingerprint density at radius 3 is 1.68 bits per heavy atom. The van der Waals surface area contributed by atoms with Crippen molar-refractivity contribution in [1.29, 1.82) is 0 Å². The van der Waals surface area contributed by atoms with Crippen LogP contribution in [-0.2, 0) is 44.4 Å². The Hall–Kier alpha value is -1.35. The molecule has 4 nitrogen and oxygen atoms in total. The molecule has 6 heteroatoms. The van der Waals surface area contributed by atoms with Gasteiger partial charge in [-0.2, -0.15) is 0 Å². The molecule has 2 aromatic carbocycles. The van der Waals surface area contributed by atoms with Crippen LogP contribution in [0.4, 0.5) is 5.69 Å². The third-order valence-corrected chi connectivity index (χ3v) is 4.17. The van der Waals surface area contributed by atoms with Crippen molar-refractivity contribution >= 4 is 5.69 Å². The molecule has 0 aromatic heterocycles. The fourth-order valence-electron chi connectivity index (χ4n) is 2.63. The van der Waals surface area contributed by atoms with Gasteiger partial charge in [-0.3, -0.25) is 0 Å². The Kier molecular flexibility index (Phi) is 11.3. The van der Waals surface area contributed by atoms with Crippen LogP contribution >= 0.6 is 0 Å². The molecule has 0 fully saturated rings. The summed E-state index contributed by atoms with van der Waals surface area (Å²) in [5, 5.41) is 24.5. The summed E-state index contributed by atoms with van der Waals surface area (Å²) in [6.07, 6.45) is 0. The molecule has 2 rings (SSSR count). The van der Waals surface area contributed by atoms with Crippen molar-refractivity contribution < 1.29 is 48.5 Å². The van der Waals surface area contributed by atoms with Crippen molar-refractivity contribution in [3.63, 3.8) is 0 Å². The average molecular weight is 475 g/mol. The Balaban J connectivity index is 0. The number of hydrogen-bond acceptors (Lipinski definition) is 4. The van der Waals surface area contributed by atoms with E-state index in [1.165, 1.54) is 7.11 Å². The standard InChI is InChI=1S/C15H24O3.C7H9N.2Co/c1-14(2,3)9-8-10(18-7)11(15(4,5)6)13(17)12(9)16;1-6-4-2-3-5-7(6)8;;/h8,16-17H,1-7H3;2-5H,8H2,1H3;;/p-2. The van der Waals surface area contributed by atoms with Crippen LogP contribution in [0.1, 0.15) is 58.2 Å². The van der Waals surface area contributed by atoms with Crippen molar-refractivity contribution in [2.75, 3.05) is 12.8 Å². The molecule has 162 valence electrons. The van der Waals surface area contributed by atoms with Crippen LogP contribution in [0.15, 0.2) is 30.3 Å². The van der Waals surface area contributed by atoms with Gasteiger partial charge < -0.3 is 20.7 Å². The summed E-state index contributed by atoms with van der Waals surface area (Å²) in [6, 6.07) is 9.52. The van der Waals surface area contributed by atoms with Gasteiger partial charge in [0.15, 0.2) is 0 Å². The van der Waals surface area contributed by atoms with E-state index in [1.807, 2.05) is 72.7 Å². The summed E-state index contributed by atoms with van der Waals surface area (Å²) < 4.78 is 5.30. The summed E-state index contributed by atoms with van der Waals surface area (Å²) in [7, 11) is 1.53. The van der Waals surface area contributed by atoms with Crippen LogP contribution in [0.3, 0.4) is 0 Å². The van der Waals surface area contributed by atoms with Gasteiger partial charge in [-0.05, 0) is 46.6 Å². The molecular formula is C22H31Co2NO3-2. The predicted octanol–water partition coefficient (Wildman–Crippen LogP) is 4.01. The second-order valence-electron chi connectivity index (χ2n) is 8.52. The first-order valence-electron chi connectivity index (χ1n) is 8.71. The number of anilines is 1. The third-order valence-electron chi connectivity index (χ3n) is 4.17. The molecule has 0 unspecified atom stereocenters. The van der Waals surface area contributed by atoms with E-state index in [0.29, 0.717) is 16.9 Å². The fourth-order valence-corrected chi connectivity index (χ4v) is 2.63. The van der Waals surface area contributed by atoms with Crippen LogP contribution in [0.2, 0.25) is 0 Å². The van der Waals surface area contributed by atoms with Crippen LogP contribution in [0, 0.1) is 6.92 Å². The smallest absolute Gasteiger partial charge is 0.122 e. The van der Waals surface area contributed by atoms with Gasteiger partial charge in [-0.25, -0.2) is 0 Å². The van der Waals surface area contributed by atoms with Gasteiger partial charge in [0, 0.05) is 39.2 Å². The Labute approximate surface area is 190 Å². The van der Waals surface area contributed by atoms with Crippen LogP contribution < -0.4 is 20.7 Å². The molecule has 2 aromatic rings. The van der Waals surface area contributed by atoms with Gasteiger partial charge in [0.1, 0.15) is 5.75 Å². The molecule has 0 spiro atoms. The van der Waals surface area contributed by atoms with Gasteiger partial charge in [-0.1, -0.05) is 59.7 Å². The van der Waals surface area contributed by atoms with Crippen molar-refractivity contribution in [3.05, 3.63) is 47.0 Å². The number of ether oxygens (including phenoxy) is 1. The molecule has 0 aliphatic carbocycles. The SMILES string of the molecule is COc1cc(C(C)(C)C)c([O-])c([O-])c1C(C)(C)C.Cc1ccccc1N.[Co].[Co]. The first-order valence-corrected chi connectivity index (χ1v) is 8.71. The molecule has 0 saturated carbocycles. The normalized spacial score (nSPS) is 10.7. The second-order valence-corrected chi connectivity index (χ2v) is 8.52. The summed E-state index contributed by atoms with van der Waals surface area (Å²) in [6.45, 7) is 13.5. The van der Waals surface area contributed by atoms with E-state index in [2.05, 4.69) is 0 Å². The number of para-hydroxylation sites is 1. The van der Waals surface area contributed by atoms with E-state index in [4.69, 9.17) is 10.5 Å². The van der Waals surface area contributed by atoms with E-state index < -0.39 is 16.9 Å².